The Kier molecular flexibility index (Phi) is 39.0. The zero-order valence-corrected chi connectivity index (χ0v) is 35.1. The maximum atomic E-state index is 2.48. The molecule has 0 spiro atoms. The average molecular weight is 736 g/mol. The van der Waals surface area contributed by atoms with Gasteiger partial charge in [0.2, 0.25) is 0 Å². The molecule has 0 bridgehead atoms. The molecule has 45 heavy (non-hydrogen) atoms. The SMILES string of the molecule is CCCCCCCCC=CCCCCCCC[CH2][Sn]([CH2]CCC)([CH2]CCC)[CH2]CCCCCCCC=CCCCCCCCC. The van der Waals surface area contributed by atoms with Gasteiger partial charge in [-0.2, -0.15) is 0 Å². The predicted molar refractivity (Wildman–Crippen MR) is 214 cm³/mol. The first kappa shape index (κ1) is 45.3. The van der Waals surface area contributed by atoms with Crippen LogP contribution in [-0.2, 0) is 0 Å². The van der Waals surface area contributed by atoms with Gasteiger partial charge in [-0.3, -0.25) is 0 Å². The molecule has 0 aromatic rings. The molecule has 0 amide bonds. The minimum atomic E-state index is -1.96. The van der Waals surface area contributed by atoms with Gasteiger partial charge in [-0.15, -0.1) is 0 Å². The van der Waals surface area contributed by atoms with E-state index in [1.165, 1.54) is 180 Å². The Balaban J connectivity index is 4.02. The van der Waals surface area contributed by atoms with Crippen molar-refractivity contribution in [3.05, 3.63) is 24.3 Å². The Labute approximate surface area is 292 Å². The summed E-state index contributed by atoms with van der Waals surface area (Å²) in [6.45, 7) is 9.48. The van der Waals surface area contributed by atoms with Gasteiger partial charge in [-0.25, -0.2) is 0 Å². The molecule has 0 unspecified atom stereocenters. The second-order valence-corrected chi connectivity index (χ2v) is 29.4. The molecule has 268 valence electrons. The van der Waals surface area contributed by atoms with E-state index in [1.54, 1.807) is 43.4 Å². The van der Waals surface area contributed by atoms with Crippen LogP contribution in [0.15, 0.2) is 24.3 Å². The first-order valence-corrected chi connectivity index (χ1v) is 29.6. The van der Waals surface area contributed by atoms with Gasteiger partial charge in [0.1, 0.15) is 0 Å². The third-order valence-electron chi connectivity index (χ3n) is 10.6. The Hall–Kier alpha value is 0.279. The minimum Gasteiger partial charge on any atom is -0.0654 e. The van der Waals surface area contributed by atoms with E-state index < -0.39 is 18.4 Å². The summed E-state index contributed by atoms with van der Waals surface area (Å²) < 4.78 is 6.87. The van der Waals surface area contributed by atoms with Gasteiger partial charge in [-0.05, 0) is 0 Å². The molecule has 0 aromatic heterocycles. The summed E-state index contributed by atoms with van der Waals surface area (Å²) >= 11 is -1.96. The van der Waals surface area contributed by atoms with Gasteiger partial charge >= 0.3 is 216 Å². The van der Waals surface area contributed by atoms with Crippen LogP contribution in [0.25, 0.3) is 0 Å². The van der Waals surface area contributed by atoms with Crippen LogP contribution in [0.5, 0.6) is 0 Å². The van der Waals surface area contributed by atoms with Crippen molar-refractivity contribution in [1.29, 1.82) is 0 Å². The topological polar surface area (TPSA) is 0 Å². The molecule has 0 nitrogen and oxygen atoms in total. The normalized spacial score (nSPS) is 12.4. The van der Waals surface area contributed by atoms with E-state index in [-0.39, 0.29) is 0 Å². The number of allylic oxidation sites excluding steroid dienone is 4. The summed E-state index contributed by atoms with van der Waals surface area (Å²) in [4.78, 5) is 0. The number of unbranched alkanes of at least 4 members (excludes halogenated alkanes) is 26. The van der Waals surface area contributed by atoms with Crippen LogP contribution < -0.4 is 0 Å². The van der Waals surface area contributed by atoms with E-state index in [0.717, 1.165) is 0 Å². The minimum absolute atomic E-state index is 1.31. The van der Waals surface area contributed by atoms with Crippen LogP contribution >= 0.6 is 0 Å². The summed E-state index contributed by atoms with van der Waals surface area (Å²) in [5, 5.41) is 0. The molecule has 0 heterocycles. The zero-order chi connectivity index (χ0) is 32.8. The van der Waals surface area contributed by atoms with Crippen molar-refractivity contribution in [3.8, 4) is 0 Å². The van der Waals surface area contributed by atoms with E-state index >= 15 is 0 Å². The Morgan fingerprint density at radius 2 is 0.467 bits per heavy atom. The fourth-order valence-corrected chi connectivity index (χ4v) is 23.6. The van der Waals surface area contributed by atoms with E-state index in [1.807, 2.05) is 0 Å². The summed E-state index contributed by atoms with van der Waals surface area (Å²) in [5.74, 6) is 0. The molecule has 0 rings (SSSR count). The molecule has 0 aliphatic carbocycles. The van der Waals surface area contributed by atoms with Gasteiger partial charge in [-0.1, -0.05) is 78.1 Å². The molecule has 0 fully saturated rings. The monoisotopic (exact) mass is 737 g/mol. The summed E-state index contributed by atoms with van der Waals surface area (Å²) in [5.41, 5.74) is 0. The smallest absolute Gasteiger partial charge is 0.0654 e. The van der Waals surface area contributed by atoms with Crippen LogP contribution in [0.1, 0.15) is 233 Å². The summed E-state index contributed by atoms with van der Waals surface area (Å²) in [6.07, 6.45) is 56.0. The standard InChI is InChI=1S/2C18H35.2C4H9.Sn/c2*1-3-5-7-9-11-13-15-17-18-16-14-12-10-8-6-4-2;2*1-3-4-2;/h2*17-18H,1,3-16H2,2H3;2*1,3-4H2,2H3;. The van der Waals surface area contributed by atoms with Crippen molar-refractivity contribution in [2.24, 2.45) is 0 Å². The van der Waals surface area contributed by atoms with Gasteiger partial charge in [0.05, 0.1) is 0 Å². The number of hydrogen-bond donors (Lipinski definition) is 0. The van der Waals surface area contributed by atoms with Crippen molar-refractivity contribution in [3.63, 3.8) is 0 Å². The third-order valence-corrected chi connectivity index (χ3v) is 26.7. The fourth-order valence-electron chi connectivity index (χ4n) is 7.35. The van der Waals surface area contributed by atoms with Gasteiger partial charge in [0, 0.05) is 0 Å². The number of hydrogen-bond acceptors (Lipinski definition) is 0. The number of rotatable bonds is 38. The second kappa shape index (κ2) is 38.7. The molecule has 0 aliphatic rings. The van der Waals surface area contributed by atoms with E-state index in [0.29, 0.717) is 0 Å². The van der Waals surface area contributed by atoms with E-state index in [9.17, 15) is 0 Å². The summed E-state index contributed by atoms with van der Waals surface area (Å²) in [6, 6.07) is 0. The molecule has 0 atom stereocenters. The predicted octanol–water partition coefficient (Wildman–Crippen LogP) is 17.1. The third kappa shape index (κ3) is 34.0. The molecule has 0 aromatic carbocycles. The van der Waals surface area contributed by atoms with Gasteiger partial charge < -0.3 is 0 Å². The van der Waals surface area contributed by atoms with Crippen molar-refractivity contribution in [2.45, 2.75) is 251 Å². The fraction of sp³-hybridized carbons (Fsp3) is 0.909. The Morgan fingerprint density at radius 1 is 0.244 bits per heavy atom. The van der Waals surface area contributed by atoms with Gasteiger partial charge in [0.25, 0.3) is 0 Å². The average Bonchev–Trinajstić information content (AvgIpc) is 3.05. The zero-order valence-electron chi connectivity index (χ0n) is 32.3. The van der Waals surface area contributed by atoms with Crippen LogP contribution in [0.3, 0.4) is 0 Å². The van der Waals surface area contributed by atoms with Crippen LogP contribution in [0, 0.1) is 0 Å². The molecular weight excluding hydrogens is 647 g/mol. The molecule has 0 saturated carbocycles. The van der Waals surface area contributed by atoms with Crippen LogP contribution in [0.2, 0.25) is 17.7 Å². The quantitative estimate of drug-likeness (QED) is 0.0336. The molecule has 1 heteroatoms. The Morgan fingerprint density at radius 3 is 0.756 bits per heavy atom. The molecular formula is C44H88Sn. The molecule has 0 saturated heterocycles. The van der Waals surface area contributed by atoms with Crippen LogP contribution in [0.4, 0.5) is 0 Å². The van der Waals surface area contributed by atoms with E-state index in [2.05, 4.69) is 52.0 Å². The first-order chi connectivity index (χ1) is 22.2. The second-order valence-electron chi connectivity index (χ2n) is 15.1. The van der Waals surface area contributed by atoms with Crippen LogP contribution in [-0.4, -0.2) is 18.4 Å². The Bertz CT molecular complexity index is 538. The van der Waals surface area contributed by atoms with E-state index in [4.69, 9.17) is 0 Å². The molecule has 0 radical (unpaired) electrons. The molecule has 0 N–H and O–H groups in total. The summed E-state index contributed by atoms with van der Waals surface area (Å²) in [7, 11) is 0. The van der Waals surface area contributed by atoms with Crippen molar-refractivity contribution in [1.82, 2.24) is 0 Å². The first-order valence-electron chi connectivity index (χ1n) is 21.5. The van der Waals surface area contributed by atoms with Gasteiger partial charge in [0.15, 0.2) is 0 Å². The molecule has 0 aliphatic heterocycles. The maximum absolute atomic E-state index is 2.48. The van der Waals surface area contributed by atoms with Crippen molar-refractivity contribution in [2.75, 3.05) is 0 Å². The van der Waals surface area contributed by atoms with Crippen molar-refractivity contribution < 1.29 is 0 Å². The van der Waals surface area contributed by atoms with Crippen molar-refractivity contribution >= 4 is 18.4 Å².